The van der Waals surface area contributed by atoms with E-state index in [1.165, 1.54) is 18.2 Å². The third kappa shape index (κ3) is 5.30. The summed E-state index contributed by atoms with van der Waals surface area (Å²) in [6.45, 7) is 3.89. The van der Waals surface area contributed by atoms with Crippen LogP contribution in [0.25, 0.3) is 6.08 Å². The lowest BCUT2D eigenvalue weighted by molar-refractivity contribution is -0.116. The molecule has 1 aliphatic rings. The van der Waals surface area contributed by atoms with Gasteiger partial charge in [-0.1, -0.05) is 18.2 Å². The van der Waals surface area contributed by atoms with E-state index in [1.54, 1.807) is 42.6 Å². The summed E-state index contributed by atoms with van der Waals surface area (Å²) in [4.78, 5) is 16.5. The molecule has 6 N–H and O–H groups in total. The molecular weight excluding hydrogens is 400 g/mol. The van der Waals surface area contributed by atoms with E-state index in [0.717, 1.165) is 11.6 Å². The Bertz CT molecular complexity index is 1100. The second-order valence-corrected chi connectivity index (χ2v) is 6.82. The van der Waals surface area contributed by atoms with Crippen LogP contribution < -0.4 is 21.8 Å². The lowest BCUT2D eigenvalue weighted by Gasteiger charge is -2.18. The molecule has 0 saturated heterocycles. The number of benzene rings is 2. The van der Waals surface area contributed by atoms with Gasteiger partial charge in [-0.2, -0.15) is 0 Å². The Morgan fingerprint density at radius 3 is 2.68 bits per heavy atom. The zero-order valence-electron chi connectivity index (χ0n) is 16.6. The SMILES string of the molecule is C=NC(C(=O)Nc1cc(C(=[NH2+])/C=C/c2ccc(F)cc2)c(N)cc1F)C1=CC=CNC1. The molecule has 0 spiro atoms. The number of nitrogens with zero attached hydrogens (tertiary/aromatic N) is 1. The average molecular weight is 422 g/mol. The predicted octanol–water partition coefficient (Wildman–Crippen LogP) is 1.86. The monoisotopic (exact) mass is 422 g/mol. The number of carbonyl (C=O) groups excluding carboxylic acids is 1. The number of rotatable bonds is 7. The third-order valence-corrected chi connectivity index (χ3v) is 4.65. The minimum absolute atomic E-state index is 0.0825. The third-order valence-electron chi connectivity index (χ3n) is 4.65. The maximum absolute atomic E-state index is 14.5. The Balaban J connectivity index is 1.81. The molecule has 0 aliphatic carbocycles. The van der Waals surface area contributed by atoms with E-state index in [4.69, 9.17) is 11.1 Å². The quantitative estimate of drug-likeness (QED) is 0.404. The van der Waals surface area contributed by atoms with Crippen LogP contribution in [-0.4, -0.2) is 30.9 Å². The van der Waals surface area contributed by atoms with Crippen LogP contribution in [0.3, 0.4) is 0 Å². The van der Waals surface area contributed by atoms with Crippen LogP contribution in [0.4, 0.5) is 20.2 Å². The van der Waals surface area contributed by atoms with Crippen molar-refractivity contribution < 1.29 is 19.0 Å². The van der Waals surface area contributed by atoms with Gasteiger partial charge in [0.15, 0.2) is 6.04 Å². The molecule has 1 unspecified atom stereocenters. The molecule has 31 heavy (non-hydrogen) atoms. The highest BCUT2D eigenvalue weighted by Gasteiger charge is 2.23. The average Bonchev–Trinajstić information content (AvgIpc) is 2.76. The largest absolute Gasteiger partial charge is 0.398 e. The fourth-order valence-electron chi connectivity index (χ4n) is 3.02. The molecule has 2 aromatic rings. The van der Waals surface area contributed by atoms with Crippen molar-refractivity contribution in [3.8, 4) is 0 Å². The van der Waals surface area contributed by atoms with Gasteiger partial charge in [0.25, 0.3) is 5.91 Å². The molecule has 1 atom stereocenters. The second-order valence-electron chi connectivity index (χ2n) is 6.82. The highest BCUT2D eigenvalue weighted by atomic mass is 19.1. The van der Waals surface area contributed by atoms with Gasteiger partial charge in [-0.3, -0.25) is 15.2 Å². The molecule has 0 aromatic heterocycles. The zero-order chi connectivity index (χ0) is 22.4. The Kier molecular flexibility index (Phi) is 6.71. The molecule has 0 radical (unpaired) electrons. The van der Waals surface area contributed by atoms with E-state index in [1.807, 2.05) is 0 Å². The van der Waals surface area contributed by atoms with Crippen molar-refractivity contribution in [3.05, 3.63) is 89.2 Å². The molecular formula is C23H22F2N5O+. The molecule has 0 bridgehead atoms. The van der Waals surface area contributed by atoms with E-state index < -0.39 is 17.8 Å². The molecule has 2 aromatic carbocycles. The lowest BCUT2D eigenvalue weighted by atomic mass is 10.0. The van der Waals surface area contributed by atoms with Gasteiger partial charge < -0.3 is 16.4 Å². The number of aliphatic imine (C=N–C) groups is 1. The lowest BCUT2D eigenvalue weighted by Crippen LogP contribution is -2.39. The predicted molar refractivity (Wildman–Crippen MR) is 119 cm³/mol. The first-order valence-corrected chi connectivity index (χ1v) is 9.40. The van der Waals surface area contributed by atoms with Gasteiger partial charge in [0.1, 0.15) is 11.6 Å². The fourth-order valence-corrected chi connectivity index (χ4v) is 3.02. The van der Waals surface area contributed by atoms with E-state index in [2.05, 4.69) is 22.3 Å². The summed E-state index contributed by atoms with van der Waals surface area (Å²) in [5, 5.41) is 11.6. The highest BCUT2D eigenvalue weighted by Crippen LogP contribution is 2.24. The first-order valence-electron chi connectivity index (χ1n) is 9.40. The van der Waals surface area contributed by atoms with E-state index in [0.29, 0.717) is 17.7 Å². The standard InChI is InChI=1S/C23H21F2N5O/c1-28-22(15-3-2-10-29-13-15)23(31)30-21-11-17(20(27)12-18(21)25)19(26)9-6-14-4-7-16(24)8-5-14/h2-12,22,26,29H,1,13,27H2,(H,30,31)/p+1/b9-6+,26-19?. The number of amides is 1. The Morgan fingerprint density at radius 2 is 2.03 bits per heavy atom. The number of hydrogen-bond donors (Lipinski definition) is 4. The Morgan fingerprint density at radius 1 is 1.29 bits per heavy atom. The minimum Gasteiger partial charge on any atom is -0.398 e. The molecule has 1 aliphatic heterocycles. The Labute approximate surface area is 178 Å². The van der Waals surface area contributed by atoms with Crippen LogP contribution >= 0.6 is 0 Å². The summed E-state index contributed by atoms with van der Waals surface area (Å²) in [6.07, 6.45) is 8.48. The van der Waals surface area contributed by atoms with Crippen molar-refractivity contribution in [2.75, 3.05) is 17.6 Å². The normalized spacial score (nSPS) is 13.9. The summed E-state index contributed by atoms with van der Waals surface area (Å²) in [7, 11) is 0. The van der Waals surface area contributed by atoms with Crippen molar-refractivity contribution >= 4 is 35.8 Å². The van der Waals surface area contributed by atoms with Crippen molar-refractivity contribution in [2.24, 2.45) is 4.99 Å². The number of hydrogen-bond acceptors (Lipinski definition) is 4. The second kappa shape index (κ2) is 9.62. The summed E-state index contributed by atoms with van der Waals surface area (Å²) in [6, 6.07) is 7.40. The topological polar surface area (TPSA) is 105 Å². The van der Waals surface area contributed by atoms with Crippen molar-refractivity contribution in [1.29, 1.82) is 0 Å². The van der Waals surface area contributed by atoms with Gasteiger partial charge in [0, 0.05) is 18.3 Å². The number of nitrogens with two attached hydrogens (primary N) is 2. The molecule has 1 amide bonds. The maximum atomic E-state index is 14.5. The van der Waals surface area contributed by atoms with E-state index >= 15 is 0 Å². The van der Waals surface area contributed by atoms with Crippen LogP contribution in [0.15, 0.2) is 71.4 Å². The summed E-state index contributed by atoms with van der Waals surface area (Å²) in [5.74, 6) is -1.59. The van der Waals surface area contributed by atoms with Gasteiger partial charge in [0.2, 0.25) is 5.71 Å². The first-order chi connectivity index (χ1) is 14.9. The molecule has 6 nitrogen and oxygen atoms in total. The Hall–Kier alpha value is -4.07. The highest BCUT2D eigenvalue weighted by molar-refractivity contribution is 6.11. The van der Waals surface area contributed by atoms with E-state index in [9.17, 15) is 13.6 Å². The number of allylic oxidation sites excluding steroid dienone is 3. The summed E-state index contributed by atoms with van der Waals surface area (Å²) >= 11 is 0. The summed E-state index contributed by atoms with van der Waals surface area (Å²) < 4.78 is 27.5. The van der Waals surface area contributed by atoms with Crippen LogP contribution in [0.2, 0.25) is 0 Å². The van der Waals surface area contributed by atoms with Crippen LogP contribution in [0.1, 0.15) is 11.1 Å². The van der Waals surface area contributed by atoms with Crippen molar-refractivity contribution in [3.63, 3.8) is 0 Å². The van der Waals surface area contributed by atoms with Gasteiger partial charge in [-0.05, 0) is 60.5 Å². The van der Waals surface area contributed by atoms with Gasteiger partial charge in [0.05, 0.1) is 11.3 Å². The van der Waals surface area contributed by atoms with Crippen molar-refractivity contribution in [2.45, 2.75) is 6.04 Å². The maximum Gasteiger partial charge on any atom is 0.253 e. The number of halogens is 2. The van der Waals surface area contributed by atoms with Gasteiger partial charge in [-0.25, -0.2) is 8.78 Å². The minimum atomic E-state index is -0.877. The molecule has 8 heteroatoms. The van der Waals surface area contributed by atoms with Crippen LogP contribution in [0, 0.1) is 11.6 Å². The van der Waals surface area contributed by atoms with E-state index in [-0.39, 0.29) is 22.9 Å². The molecule has 0 fully saturated rings. The number of dihydropyridines is 1. The molecule has 1 heterocycles. The summed E-state index contributed by atoms with van der Waals surface area (Å²) in [5.41, 5.74) is 7.97. The van der Waals surface area contributed by atoms with Crippen molar-refractivity contribution in [1.82, 2.24) is 5.32 Å². The number of nitrogen functional groups attached to an aromatic ring is 1. The van der Waals surface area contributed by atoms with Gasteiger partial charge >= 0.3 is 0 Å². The molecule has 158 valence electrons. The number of nitrogens with one attached hydrogen (secondary N) is 2. The number of carbonyl (C=O) groups is 1. The first kappa shape index (κ1) is 21.6. The van der Waals surface area contributed by atoms with Gasteiger partial charge in [-0.15, -0.1) is 0 Å². The van der Waals surface area contributed by atoms with Crippen LogP contribution in [0.5, 0.6) is 0 Å². The fraction of sp³-hybridized carbons (Fsp3) is 0.0870. The van der Waals surface area contributed by atoms with Crippen LogP contribution in [-0.2, 0) is 4.79 Å². The zero-order valence-corrected chi connectivity index (χ0v) is 16.6. The number of anilines is 2. The molecule has 3 rings (SSSR count). The smallest absolute Gasteiger partial charge is 0.253 e. The molecule has 0 saturated carbocycles.